The van der Waals surface area contributed by atoms with E-state index in [1.807, 2.05) is 33.8 Å². The van der Waals surface area contributed by atoms with Gasteiger partial charge in [-0.2, -0.15) is 0 Å². The molecule has 0 saturated carbocycles. The molecule has 3 rings (SSSR count). The molecular weight excluding hydrogens is 367 g/mol. The van der Waals surface area contributed by atoms with Crippen LogP contribution in [0.1, 0.15) is 50.5 Å². The maximum atomic E-state index is 11.6. The van der Waals surface area contributed by atoms with E-state index in [9.17, 15) is 9.59 Å². The van der Waals surface area contributed by atoms with E-state index in [1.165, 1.54) is 18.7 Å². The van der Waals surface area contributed by atoms with Crippen LogP contribution in [0.25, 0.3) is 6.08 Å². The van der Waals surface area contributed by atoms with Crippen LogP contribution in [-0.2, 0) is 14.1 Å². The number of benzene rings is 1. The molecule has 1 aromatic rings. The number of aldehydes is 1. The minimum absolute atomic E-state index is 0.00119. The van der Waals surface area contributed by atoms with E-state index in [1.54, 1.807) is 12.1 Å². The third-order valence-electron chi connectivity index (χ3n) is 5.04. The number of hydrogen-bond acceptors (Lipinski definition) is 7. The van der Waals surface area contributed by atoms with Crippen molar-refractivity contribution in [2.24, 2.45) is 0 Å². The predicted molar refractivity (Wildman–Crippen MR) is 105 cm³/mol. The SMILES string of the molecule is CC(=O)SCC(=Cc1cc2c(cc1C=O)OCO2)B1OC(C)(C)C(C)(C)O1. The summed E-state index contributed by atoms with van der Waals surface area (Å²) in [7, 11) is -0.605. The van der Waals surface area contributed by atoms with Crippen molar-refractivity contribution < 1.29 is 28.4 Å². The maximum absolute atomic E-state index is 11.6. The molecule has 0 aliphatic carbocycles. The van der Waals surface area contributed by atoms with Gasteiger partial charge in [-0.05, 0) is 50.9 Å². The van der Waals surface area contributed by atoms with Gasteiger partial charge >= 0.3 is 7.12 Å². The van der Waals surface area contributed by atoms with Crippen molar-refractivity contribution in [1.29, 1.82) is 0 Å². The van der Waals surface area contributed by atoms with Gasteiger partial charge in [0.05, 0.1) is 11.2 Å². The van der Waals surface area contributed by atoms with E-state index in [2.05, 4.69) is 0 Å². The first-order valence-electron chi connectivity index (χ1n) is 8.71. The van der Waals surface area contributed by atoms with Crippen molar-refractivity contribution in [2.45, 2.75) is 45.8 Å². The van der Waals surface area contributed by atoms with Gasteiger partial charge in [-0.3, -0.25) is 9.59 Å². The molecule has 2 aliphatic rings. The molecular formula is C19H23BO6S. The maximum Gasteiger partial charge on any atom is 0.491 e. The summed E-state index contributed by atoms with van der Waals surface area (Å²) >= 11 is 1.17. The first-order chi connectivity index (χ1) is 12.6. The van der Waals surface area contributed by atoms with Crippen LogP contribution >= 0.6 is 11.8 Å². The molecule has 0 N–H and O–H groups in total. The summed E-state index contributed by atoms with van der Waals surface area (Å²) in [6.45, 7) is 9.54. The van der Waals surface area contributed by atoms with Gasteiger partial charge in [0.15, 0.2) is 22.9 Å². The largest absolute Gasteiger partial charge is 0.491 e. The minimum Gasteiger partial charge on any atom is -0.454 e. The summed E-state index contributed by atoms with van der Waals surface area (Å²) in [5, 5.41) is -0.00119. The molecule has 1 aromatic carbocycles. The molecule has 1 saturated heterocycles. The van der Waals surface area contributed by atoms with Gasteiger partial charge in [0, 0.05) is 18.2 Å². The van der Waals surface area contributed by atoms with Crippen LogP contribution in [-0.4, -0.2) is 42.3 Å². The molecule has 27 heavy (non-hydrogen) atoms. The summed E-state index contributed by atoms with van der Waals surface area (Å²) in [6, 6.07) is 3.41. The summed E-state index contributed by atoms with van der Waals surface area (Å²) in [5.41, 5.74) is 0.917. The normalized spacial score (nSPS) is 20.0. The van der Waals surface area contributed by atoms with Crippen molar-refractivity contribution in [3.05, 3.63) is 28.7 Å². The number of fused-ring (bicyclic) bond motifs is 1. The highest BCUT2D eigenvalue weighted by Crippen LogP contribution is 2.40. The Morgan fingerprint density at radius 1 is 1.11 bits per heavy atom. The Balaban J connectivity index is 1.99. The van der Waals surface area contributed by atoms with Crippen LogP contribution in [0.15, 0.2) is 17.6 Å². The molecule has 6 nitrogen and oxygen atoms in total. The Hall–Kier alpha value is -1.77. The van der Waals surface area contributed by atoms with Crippen molar-refractivity contribution in [2.75, 3.05) is 12.5 Å². The predicted octanol–water partition coefficient (Wildman–Crippen LogP) is 3.52. The summed E-state index contributed by atoms with van der Waals surface area (Å²) in [5.74, 6) is 1.53. The lowest BCUT2D eigenvalue weighted by Crippen LogP contribution is -2.41. The molecule has 0 aromatic heterocycles. The molecule has 0 amide bonds. The topological polar surface area (TPSA) is 71.1 Å². The summed E-state index contributed by atoms with van der Waals surface area (Å²) in [4.78, 5) is 23.1. The van der Waals surface area contributed by atoms with Crippen LogP contribution in [0.3, 0.4) is 0 Å². The molecule has 2 heterocycles. The van der Waals surface area contributed by atoms with Gasteiger partial charge in [0.1, 0.15) is 0 Å². The molecule has 0 spiro atoms. The molecule has 1 fully saturated rings. The lowest BCUT2D eigenvalue weighted by molar-refractivity contribution is -0.109. The second-order valence-electron chi connectivity index (χ2n) is 7.54. The minimum atomic E-state index is -0.605. The van der Waals surface area contributed by atoms with Gasteiger partial charge in [0.25, 0.3) is 0 Å². The fourth-order valence-electron chi connectivity index (χ4n) is 2.76. The Labute approximate surface area is 163 Å². The van der Waals surface area contributed by atoms with E-state index >= 15 is 0 Å². The standard InChI is InChI=1S/C19H23BO6S/c1-12(22)27-10-15(20-25-18(2,3)19(4,5)26-20)6-13-7-16-17(24-11-23-16)8-14(13)9-21/h6-9H,10-11H2,1-5H3. The van der Waals surface area contributed by atoms with Gasteiger partial charge in [0.2, 0.25) is 6.79 Å². The van der Waals surface area contributed by atoms with E-state index in [-0.39, 0.29) is 11.9 Å². The van der Waals surface area contributed by atoms with Crippen molar-refractivity contribution in [3.63, 3.8) is 0 Å². The Kier molecular flexibility index (Phi) is 5.43. The van der Waals surface area contributed by atoms with Gasteiger partial charge in [-0.15, -0.1) is 0 Å². The number of carbonyl (C=O) groups is 2. The first-order valence-corrected chi connectivity index (χ1v) is 9.70. The first kappa shape index (κ1) is 20.0. The third kappa shape index (κ3) is 4.07. The Bertz CT molecular complexity index is 786. The van der Waals surface area contributed by atoms with Crippen LogP contribution < -0.4 is 9.47 Å². The molecule has 2 aliphatic heterocycles. The van der Waals surface area contributed by atoms with Crippen LogP contribution in [0.2, 0.25) is 0 Å². The smallest absolute Gasteiger partial charge is 0.454 e. The number of carbonyl (C=O) groups excluding carboxylic acids is 2. The Morgan fingerprint density at radius 3 is 2.19 bits per heavy atom. The molecule has 0 bridgehead atoms. The zero-order valence-corrected chi connectivity index (χ0v) is 17.0. The number of ether oxygens (including phenoxy) is 2. The van der Waals surface area contributed by atoms with E-state index in [0.717, 1.165) is 11.8 Å². The average Bonchev–Trinajstić information content (AvgIpc) is 3.11. The molecule has 0 unspecified atom stereocenters. The highest BCUT2D eigenvalue weighted by molar-refractivity contribution is 8.13. The number of hydrogen-bond donors (Lipinski definition) is 0. The molecule has 8 heteroatoms. The average molecular weight is 390 g/mol. The molecule has 0 radical (unpaired) electrons. The number of rotatable bonds is 5. The van der Waals surface area contributed by atoms with Crippen molar-refractivity contribution in [1.82, 2.24) is 0 Å². The van der Waals surface area contributed by atoms with Gasteiger partial charge in [-0.1, -0.05) is 17.8 Å². The van der Waals surface area contributed by atoms with Crippen LogP contribution in [0.5, 0.6) is 11.5 Å². The highest BCUT2D eigenvalue weighted by atomic mass is 32.2. The van der Waals surface area contributed by atoms with E-state index in [0.29, 0.717) is 28.4 Å². The highest BCUT2D eigenvalue weighted by Gasteiger charge is 2.52. The summed E-state index contributed by atoms with van der Waals surface area (Å²) < 4.78 is 23.0. The van der Waals surface area contributed by atoms with Crippen molar-refractivity contribution in [3.8, 4) is 11.5 Å². The lowest BCUT2D eigenvalue weighted by Gasteiger charge is -2.32. The van der Waals surface area contributed by atoms with Gasteiger partial charge < -0.3 is 18.8 Å². The van der Waals surface area contributed by atoms with Gasteiger partial charge in [-0.25, -0.2) is 0 Å². The summed E-state index contributed by atoms with van der Waals surface area (Å²) in [6.07, 6.45) is 2.61. The number of thioether (sulfide) groups is 1. The second-order valence-corrected chi connectivity index (χ2v) is 8.69. The van der Waals surface area contributed by atoms with Crippen LogP contribution in [0.4, 0.5) is 0 Å². The quantitative estimate of drug-likeness (QED) is 0.563. The van der Waals surface area contributed by atoms with Crippen LogP contribution in [0, 0.1) is 0 Å². The molecule has 144 valence electrons. The zero-order valence-electron chi connectivity index (χ0n) is 16.2. The third-order valence-corrected chi connectivity index (χ3v) is 5.93. The lowest BCUT2D eigenvalue weighted by atomic mass is 9.78. The fraction of sp³-hybridized carbons (Fsp3) is 0.474. The fourth-order valence-corrected chi connectivity index (χ4v) is 3.35. The Morgan fingerprint density at radius 2 is 1.67 bits per heavy atom. The monoisotopic (exact) mass is 390 g/mol. The zero-order chi connectivity index (χ0) is 19.8. The van der Waals surface area contributed by atoms with Crippen molar-refractivity contribution >= 4 is 36.4 Å². The van der Waals surface area contributed by atoms with E-state index in [4.69, 9.17) is 18.8 Å². The molecule has 0 atom stereocenters. The van der Waals surface area contributed by atoms with E-state index < -0.39 is 18.3 Å². The second kappa shape index (κ2) is 7.33.